The van der Waals surface area contributed by atoms with Gasteiger partial charge in [-0.25, -0.2) is 0 Å². The summed E-state index contributed by atoms with van der Waals surface area (Å²) in [6, 6.07) is -0.0308. The van der Waals surface area contributed by atoms with Crippen LogP contribution in [0.15, 0.2) is 4.52 Å². The Kier molecular flexibility index (Phi) is 7.00. The highest BCUT2D eigenvalue weighted by Gasteiger charge is 2.34. The quantitative estimate of drug-likeness (QED) is 0.584. The van der Waals surface area contributed by atoms with Crippen molar-refractivity contribution in [2.45, 2.75) is 89.5 Å². The SMILES string of the molecule is O=C(CCC1CCCC1)N1CCCC1c1nc(CCOCC2CCCC2)no1. The molecule has 28 heavy (non-hydrogen) atoms. The van der Waals surface area contributed by atoms with E-state index in [1.54, 1.807) is 0 Å². The van der Waals surface area contributed by atoms with Crippen LogP contribution in [0.2, 0.25) is 0 Å². The van der Waals surface area contributed by atoms with Gasteiger partial charge in [0, 0.05) is 26.0 Å². The zero-order valence-corrected chi connectivity index (χ0v) is 17.1. The highest BCUT2D eigenvalue weighted by atomic mass is 16.5. The van der Waals surface area contributed by atoms with Crippen molar-refractivity contribution in [1.29, 1.82) is 0 Å². The summed E-state index contributed by atoms with van der Waals surface area (Å²) in [6.07, 6.45) is 14.9. The molecule has 6 nitrogen and oxygen atoms in total. The first-order chi connectivity index (χ1) is 13.8. The third kappa shape index (κ3) is 5.13. The second kappa shape index (κ2) is 9.86. The molecule has 1 atom stereocenters. The van der Waals surface area contributed by atoms with Gasteiger partial charge in [0.25, 0.3) is 0 Å². The smallest absolute Gasteiger partial charge is 0.249 e. The van der Waals surface area contributed by atoms with E-state index in [4.69, 9.17) is 9.26 Å². The van der Waals surface area contributed by atoms with Crippen LogP contribution >= 0.6 is 0 Å². The van der Waals surface area contributed by atoms with Crippen LogP contribution in [0.4, 0.5) is 0 Å². The summed E-state index contributed by atoms with van der Waals surface area (Å²) >= 11 is 0. The summed E-state index contributed by atoms with van der Waals surface area (Å²) in [7, 11) is 0. The molecule has 2 aliphatic carbocycles. The molecule has 1 saturated heterocycles. The fraction of sp³-hybridized carbons (Fsp3) is 0.864. The van der Waals surface area contributed by atoms with E-state index >= 15 is 0 Å². The van der Waals surface area contributed by atoms with Gasteiger partial charge in [0.05, 0.1) is 6.61 Å². The predicted octanol–water partition coefficient (Wildman–Crippen LogP) is 4.45. The van der Waals surface area contributed by atoms with Crippen molar-refractivity contribution in [3.63, 3.8) is 0 Å². The number of nitrogens with zero attached hydrogens (tertiary/aromatic N) is 3. The average molecular weight is 390 g/mol. The average Bonchev–Trinajstić information content (AvgIpc) is 3.49. The number of hydrogen-bond acceptors (Lipinski definition) is 5. The Balaban J connectivity index is 1.22. The van der Waals surface area contributed by atoms with Gasteiger partial charge in [-0.1, -0.05) is 43.7 Å². The second-order valence-corrected chi connectivity index (χ2v) is 8.96. The van der Waals surface area contributed by atoms with Crippen LogP contribution in [0.3, 0.4) is 0 Å². The van der Waals surface area contributed by atoms with Gasteiger partial charge in [0.1, 0.15) is 6.04 Å². The second-order valence-electron chi connectivity index (χ2n) is 8.96. The van der Waals surface area contributed by atoms with Crippen LogP contribution in [0.5, 0.6) is 0 Å². The zero-order valence-electron chi connectivity index (χ0n) is 17.1. The molecular formula is C22H35N3O3. The van der Waals surface area contributed by atoms with E-state index in [1.807, 2.05) is 4.90 Å². The molecule has 4 rings (SSSR count). The number of rotatable bonds is 9. The molecule has 0 bridgehead atoms. The Morgan fingerprint density at radius 1 is 1.04 bits per heavy atom. The standard InChI is InChI=1S/C22H35N3O3/c26-21(12-11-17-6-1-2-7-17)25-14-5-10-19(25)22-23-20(24-28-22)13-15-27-16-18-8-3-4-9-18/h17-19H,1-16H2. The first-order valence-corrected chi connectivity index (χ1v) is 11.5. The van der Waals surface area contributed by atoms with Crippen molar-refractivity contribution in [3.05, 3.63) is 11.7 Å². The minimum absolute atomic E-state index is 0.0308. The van der Waals surface area contributed by atoms with Gasteiger partial charge < -0.3 is 14.2 Å². The van der Waals surface area contributed by atoms with Gasteiger partial charge in [-0.05, 0) is 43.9 Å². The van der Waals surface area contributed by atoms with E-state index in [2.05, 4.69) is 10.1 Å². The number of carbonyl (C=O) groups excluding carboxylic acids is 1. The minimum atomic E-state index is -0.0308. The lowest BCUT2D eigenvalue weighted by atomic mass is 10.0. The van der Waals surface area contributed by atoms with Crippen LogP contribution in [-0.2, 0) is 16.0 Å². The Morgan fingerprint density at radius 3 is 2.57 bits per heavy atom. The van der Waals surface area contributed by atoms with Gasteiger partial charge in [-0.15, -0.1) is 0 Å². The van der Waals surface area contributed by atoms with E-state index in [0.717, 1.165) is 44.2 Å². The Morgan fingerprint density at radius 2 is 1.79 bits per heavy atom. The maximum atomic E-state index is 12.7. The number of aromatic nitrogens is 2. The molecule has 1 amide bonds. The zero-order chi connectivity index (χ0) is 19.2. The number of carbonyl (C=O) groups is 1. The van der Waals surface area contributed by atoms with Crippen molar-refractivity contribution in [3.8, 4) is 0 Å². The molecule has 0 radical (unpaired) electrons. The molecular weight excluding hydrogens is 354 g/mol. The maximum absolute atomic E-state index is 12.7. The summed E-state index contributed by atoms with van der Waals surface area (Å²) in [5.74, 6) is 3.06. The fourth-order valence-corrected chi connectivity index (χ4v) is 5.19. The van der Waals surface area contributed by atoms with Crippen molar-refractivity contribution in [1.82, 2.24) is 15.0 Å². The van der Waals surface area contributed by atoms with E-state index in [1.165, 1.54) is 51.4 Å². The molecule has 6 heteroatoms. The molecule has 1 aromatic heterocycles. The fourth-order valence-electron chi connectivity index (χ4n) is 5.19. The third-order valence-corrected chi connectivity index (χ3v) is 6.88. The van der Waals surface area contributed by atoms with Gasteiger partial charge in [0.2, 0.25) is 11.8 Å². The summed E-state index contributed by atoms with van der Waals surface area (Å²) in [5, 5.41) is 4.13. The van der Waals surface area contributed by atoms with E-state index in [-0.39, 0.29) is 11.9 Å². The van der Waals surface area contributed by atoms with E-state index in [0.29, 0.717) is 31.2 Å². The summed E-state index contributed by atoms with van der Waals surface area (Å²) in [5.41, 5.74) is 0. The first-order valence-electron chi connectivity index (χ1n) is 11.5. The van der Waals surface area contributed by atoms with Crippen LogP contribution in [0.25, 0.3) is 0 Å². The van der Waals surface area contributed by atoms with Crippen molar-refractivity contribution >= 4 is 5.91 Å². The van der Waals surface area contributed by atoms with Crippen molar-refractivity contribution < 1.29 is 14.1 Å². The number of hydrogen-bond donors (Lipinski definition) is 0. The van der Waals surface area contributed by atoms with Crippen molar-refractivity contribution in [2.24, 2.45) is 11.8 Å². The molecule has 3 aliphatic rings. The molecule has 0 spiro atoms. The van der Waals surface area contributed by atoms with Crippen LogP contribution in [0.1, 0.15) is 94.8 Å². The Labute approximate surface area is 168 Å². The van der Waals surface area contributed by atoms with Gasteiger partial charge in [0.15, 0.2) is 5.82 Å². The molecule has 156 valence electrons. The lowest BCUT2D eigenvalue weighted by Crippen LogP contribution is -2.30. The lowest BCUT2D eigenvalue weighted by Gasteiger charge is -2.22. The normalized spacial score (nSPS) is 23.9. The van der Waals surface area contributed by atoms with Gasteiger partial charge in [-0.2, -0.15) is 4.98 Å². The summed E-state index contributed by atoms with van der Waals surface area (Å²) < 4.78 is 11.3. The number of amides is 1. The summed E-state index contributed by atoms with van der Waals surface area (Å²) in [4.78, 5) is 19.3. The molecule has 2 heterocycles. The predicted molar refractivity (Wildman–Crippen MR) is 106 cm³/mol. The molecule has 1 aromatic rings. The minimum Gasteiger partial charge on any atom is -0.381 e. The monoisotopic (exact) mass is 389 g/mol. The molecule has 1 aliphatic heterocycles. The summed E-state index contributed by atoms with van der Waals surface area (Å²) in [6.45, 7) is 2.32. The Bertz CT molecular complexity index is 620. The number of ether oxygens (including phenoxy) is 1. The number of likely N-dealkylation sites (tertiary alicyclic amines) is 1. The third-order valence-electron chi connectivity index (χ3n) is 6.88. The largest absolute Gasteiger partial charge is 0.381 e. The lowest BCUT2D eigenvalue weighted by molar-refractivity contribution is -0.132. The Hall–Kier alpha value is -1.43. The van der Waals surface area contributed by atoms with Crippen molar-refractivity contribution in [2.75, 3.05) is 19.8 Å². The van der Waals surface area contributed by atoms with Crippen LogP contribution < -0.4 is 0 Å². The van der Waals surface area contributed by atoms with E-state index in [9.17, 15) is 4.79 Å². The van der Waals surface area contributed by atoms with Gasteiger partial charge >= 0.3 is 0 Å². The highest BCUT2D eigenvalue weighted by molar-refractivity contribution is 5.76. The maximum Gasteiger partial charge on any atom is 0.249 e. The van der Waals surface area contributed by atoms with E-state index < -0.39 is 0 Å². The molecule has 0 N–H and O–H groups in total. The van der Waals surface area contributed by atoms with Crippen LogP contribution in [0, 0.1) is 11.8 Å². The van der Waals surface area contributed by atoms with Crippen LogP contribution in [-0.4, -0.2) is 40.7 Å². The molecule has 0 aromatic carbocycles. The topological polar surface area (TPSA) is 68.5 Å². The highest BCUT2D eigenvalue weighted by Crippen LogP contribution is 2.33. The molecule has 2 saturated carbocycles. The molecule has 3 fully saturated rings. The first kappa shape index (κ1) is 19.9. The molecule has 1 unspecified atom stereocenters. The van der Waals surface area contributed by atoms with Gasteiger partial charge in [-0.3, -0.25) is 4.79 Å².